The standard InChI is InChI=1S/C25H14N2OS/c28-25-17-8-2-1-7-15(17)16-9-5-11-19-23(16)27(25)20-12-6-14-22-24(20)26(19)18-10-3-4-13-21(18)29-22/h1-14H. The van der Waals surface area contributed by atoms with Gasteiger partial charge in [0.2, 0.25) is 0 Å². The van der Waals surface area contributed by atoms with Crippen LogP contribution in [0, 0.1) is 0 Å². The lowest BCUT2D eigenvalue weighted by molar-refractivity contribution is 1.10. The third-order valence-corrected chi connectivity index (χ3v) is 7.01. The summed E-state index contributed by atoms with van der Waals surface area (Å²) < 4.78 is 6.64. The first-order valence-corrected chi connectivity index (χ1v) is 10.4. The van der Waals surface area contributed by atoms with Crippen LogP contribution in [0.15, 0.2) is 89.7 Å². The summed E-state index contributed by atoms with van der Waals surface area (Å²) in [4.78, 5) is 13.6. The van der Waals surface area contributed by atoms with Crippen molar-refractivity contribution in [2.24, 2.45) is 0 Å². The fourth-order valence-electron chi connectivity index (χ4n) is 4.74. The second-order valence-corrected chi connectivity index (χ2v) is 8.47. The quantitative estimate of drug-likeness (QED) is 0.224. The van der Waals surface area contributed by atoms with Crippen molar-refractivity contribution >= 4 is 59.0 Å². The van der Waals surface area contributed by atoms with Crippen LogP contribution >= 0.6 is 11.3 Å². The van der Waals surface area contributed by atoms with Gasteiger partial charge in [0.05, 0.1) is 37.2 Å². The summed E-state index contributed by atoms with van der Waals surface area (Å²) in [5.74, 6) is 0. The Labute approximate surface area is 169 Å². The molecule has 0 radical (unpaired) electrons. The number of hydrogen-bond donors (Lipinski definition) is 0. The van der Waals surface area contributed by atoms with E-state index >= 15 is 0 Å². The highest BCUT2D eigenvalue weighted by Gasteiger charge is 2.21. The van der Waals surface area contributed by atoms with Gasteiger partial charge in [-0.25, -0.2) is 0 Å². The molecule has 3 nitrogen and oxygen atoms in total. The molecule has 2 aliphatic rings. The van der Waals surface area contributed by atoms with E-state index in [4.69, 9.17) is 0 Å². The van der Waals surface area contributed by atoms with Crippen molar-refractivity contribution in [3.8, 4) is 5.69 Å². The van der Waals surface area contributed by atoms with E-state index in [0.29, 0.717) is 0 Å². The monoisotopic (exact) mass is 390 g/mol. The maximum atomic E-state index is 13.6. The predicted molar refractivity (Wildman–Crippen MR) is 122 cm³/mol. The lowest BCUT2D eigenvalue weighted by Gasteiger charge is -2.23. The summed E-state index contributed by atoms with van der Waals surface area (Å²) in [6, 6.07) is 29.0. The van der Waals surface area contributed by atoms with Crippen LogP contribution in [0.1, 0.15) is 0 Å². The number of para-hydroxylation sites is 3. The van der Waals surface area contributed by atoms with Gasteiger partial charge in [0.15, 0.2) is 0 Å². The van der Waals surface area contributed by atoms with E-state index in [1.165, 1.54) is 9.40 Å². The minimum atomic E-state index is 0.0393. The van der Waals surface area contributed by atoms with Crippen molar-refractivity contribution in [3.05, 3.63) is 95.3 Å². The second kappa shape index (κ2) is 5.25. The Balaban J connectivity index is 1.98. The molecule has 0 spiro atoms. The van der Waals surface area contributed by atoms with Crippen molar-refractivity contribution in [2.75, 3.05) is 0 Å². The van der Waals surface area contributed by atoms with Gasteiger partial charge in [-0.05, 0) is 41.8 Å². The van der Waals surface area contributed by atoms with Crippen molar-refractivity contribution in [2.45, 2.75) is 0 Å². The Morgan fingerprint density at radius 1 is 0.586 bits per heavy atom. The molecule has 0 amide bonds. The zero-order valence-corrected chi connectivity index (χ0v) is 16.1. The molecular weight excluding hydrogens is 376 g/mol. The SMILES string of the molecule is O=c1c2ccccc2c2cccc3c2n1c1cccc2sc4ccccc4n3-c21. The molecule has 136 valence electrons. The van der Waals surface area contributed by atoms with E-state index in [2.05, 4.69) is 65.2 Å². The number of benzene rings is 4. The Kier molecular flexibility index (Phi) is 2.77. The van der Waals surface area contributed by atoms with Crippen molar-refractivity contribution in [3.63, 3.8) is 0 Å². The summed E-state index contributed by atoms with van der Waals surface area (Å²) in [6.07, 6.45) is 0. The average Bonchev–Trinajstić information content (AvgIpc) is 2.78. The third-order valence-electron chi connectivity index (χ3n) is 5.90. The van der Waals surface area contributed by atoms with Crippen molar-refractivity contribution in [1.82, 2.24) is 8.97 Å². The zero-order chi connectivity index (χ0) is 19.1. The Bertz CT molecular complexity index is 1780. The van der Waals surface area contributed by atoms with E-state index in [0.717, 1.165) is 43.9 Å². The van der Waals surface area contributed by atoms with Gasteiger partial charge in [0.25, 0.3) is 5.56 Å². The maximum Gasteiger partial charge on any atom is 0.263 e. The molecule has 4 aromatic carbocycles. The number of rotatable bonds is 0. The van der Waals surface area contributed by atoms with Crippen LogP contribution in [0.3, 0.4) is 0 Å². The van der Waals surface area contributed by atoms with Gasteiger partial charge < -0.3 is 4.57 Å². The smallest absolute Gasteiger partial charge is 0.263 e. The molecule has 0 saturated heterocycles. The van der Waals surface area contributed by atoms with E-state index in [-0.39, 0.29) is 5.56 Å². The van der Waals surface area contributed by atoms with Gasteiger partial charge >= 0.3 is 0 Å². The van der Waals surface area contributed by atoms with Crippen molar-refractivity contribution in [1.29, 1.82) is 0 Å². The van der Waals surface area contributed by atoms with Crippen molar-refractivity contribution < 1.29 is 0 Å². The first-order valence-electron chi connectivity index (χ1n) is 9.60. The molecule has 1 aromatic heterocycles. The normalized spacial score (nSPS) is 12.3. The van der Waals surface area contributed by atoms with E-state index in [1.54, 1.807) is 11.3 Å². The number of hydrogen-bond acceptors (Lipinski definition) is 2. The molecule has 0 saturated carbocycles. The van der Waals surface area contributed by atoms with Crippen LogP contribution in [0.2, 0.25) is 0 Å². The minimum absolute atomic E-state index is 0.0393. The highest BCUT2D eigenvalue weighted by atomic mass is 32.1. The zero-order valence-electron chi connectivity index (χ0n) is 15.3. The lowest BCUT2D eigenvalue weighted by atomic mass is 10.0. The van der Waals surface area contributed by atoms with Crippen LogP contribution in [0.4, 0.5) is 0 Å². The topological polar surface area (TPSA) is 26.4 Å². The van der Waals surface area contributed by atoms with Gasteiger partial charge in [0.1, 0.15) is 0 Å². The van der Waals surface area contributed by atoms with Gasteiger partial charge in [-0.15, -0.1) is 11.3 Å². The summed E-state index contributed by atoms with van der Waals surface area (Å²) in [5.41, 5.74) is 5.27. The highest BCUT2D eigenvalue weighted by molar-refractivity contribution is 7.24. The van der Waals surface area contributed by atoms with Gasteiger partial charge in [-0.2, -0.15) is 0 Å². The van der Waals surface area contributed by atoms with E-state index < -0.39 is 0 Å². The summed E-state index contributed by atoms with van der Waals surface area (Å²) >= 11 is 1.77. The molecule has 3 heterocycles. The van der Waals surface area contributed by atoms with Crippen LogP contribution in [0.5, 0.6) is 0 Å². The molecule has 0 fully saturated rings. The van der Waals surface area contributed by atoms with Crippen LogP contribution in [-0.4, -0.2) is 8.97 Å². The van der Waals surface area contributed by atoms with Gasteiger partial charge in [0, 0.05) is 10.8 Å². The molecule has 0 unspecified atom stereocenters. The summed E-state index contributed by atoms with van der Waals surface area (Å²) in [5, 5.41) is 2.86. The molecule has 0 aliphatic carbocycles. The first kappa shape index (κ1) is 15.3. The molecule has 29 heavy (non-hydrogen) atoms. The number of nitrogens with zero attached hydrogens (tertiary/aromatic N) is 2. The highest BCUT2D eigenvalue weighted by Crippen LogP contribution is 2.39. The van der Waals surface area contributed by atoms with E-state index in [1.807, 2.05) is 28.7 Å². The largest absolute Gasteiger partial charge is 0.304 e. The average molecular weight is 390 g/mol. The molecular formula is C25H14N2OS. The number of aromatic nitrogens is 2. The third kappa shape index (κ3) is 1.80. The Hall–Kier alpha value is -3.63. The predicted octanol–water partition coefficient (Wildman–Crippen LogP) is 6.20. The molecule has 0 N–H and O–H groups in total. The van der Waals surface area contributed by atoms with Gasteiger partial charge in [-0.1, -0.05) is 48.5 Å². The maximum absolute atomic E-state index is 13.6. The number of pyridine rings is 1. The fourth-order valence-corrected chi connectivity index (χ4v) is 5.82. The molecule has 0 bridgehead atoms. The van der Waals surface area contributed by atoms with Gasteiger partial charge in [-0.3, -0.25) is 9.20 Å². The second-order valence-electron chi connectivity index (χ2n) is 7.39. The van der Waals surface area contributed by atoms with Crippen LogP contribution in [0.25, 0.3) is 53.3 Å². The molecule has 7 rings (SSSR count). The Morgan fingerprint density at radius 3 is 2.17 bits per heavy atom. The fraction of sp³-hybridized carbons (Fsp3) is 0. The number of fused-ring (bicyclic) bond motifs is 6. The molecule has 5 aromatic rings. The molecule has 2 aliphatic heterocycles. The minimum Gasteiger partial charge on any atom is -0.304 e. The first-order chi connectivity index (χ1) is 14.3. The summed E-state index contributed by atoms with van der Waals surface area (Å²) in [7, 11) is 0. The molecule has 4 heteroatoms. The van der Waals surface area contributed by atoms with E-state index in [9.17, 15) is 4.79 Å². The molecule has 0 atom stereocenters. The van der Waals surface area contributed by atoms with Crippen LogP contribution in [-0.2, 0) is 0 Å². The lowest BCUT2D eigenvalue weighted by Crippen LogP contribution is -2.19. The summed E-state index contributed by atoms with van der Waals surface area (Å²) in [6.45, 7) is 0. The van der Waals surface area contributed by atoms with Crippen LogP contribution < -0.4 is 5.56 Å². The Morgan fingerprint density at radius 2 is 1.24 bits per heavy atom.